The SMILES string of the molecule is Cc1c(N)cc(F)cc1CN1CCNC(C)C1. The lowest BCUT2D eigenvalue weighted by molar-refractivity contribution is 0.199. The third kappa shape index (κ3) is 2.96. The molecule has 3 nitrogen and oxygen atoms in total. The number of halogens is 1. The average molecular weight is 237 g/mol. The van der Waals surface area contributed by atoms with Crippen molar-refractivity contribution in [2.75, 3.05) is 25.4 Å². The number of anilines is 1. The molecule has 0 radical (unpaired) electrons. The molecule has 0 spiro atoms. The fourth-order valence-corrected chi connectivity index (χ4v) is 2.32. The number of hydrogen-bond donors (Lipinski definition) is 2. The highest BCUT2D eigenvalue weighted by molar-refractivity contribution is 5.50. The third-order valence-corrected chi connectivity index (χ3v) is 3.37. The maximum absolute atomic E-state index is 13.3. The van der Waals surface area contributed by atoms with Crippen LogP contribution in [0.1, 0.15) is 18.1 Å². The van der Waals surface area contributed by atoms with E-state index in [1.807, 2.05) is 6.92 Å². The van der Waals surface area contributed by atoms with Gasteiger partial charge in [0.2, 0.25) is 0 Å². The van der Waals surface area contributed by atoms with Gasteiger partial charge in [-0.1, -0.05) is 0 Å². The lowest BCUT2D eigenvalue weighted by Gasteiger charge is -2.32. The molecule has 1 heterocycles. The third-order valence-electron chi connectivity index (χ3n) is 3.37. The number of piperazine rings is 1. The van der Waals surface area contributed by atoms with Crippen molar-refractivity contribution in [2.45, 2.75) is 26.4 Å². The zero-order valence-electron chi connectivity index (χ0n) is 10.5. The first-order valence-corrected chi connectivity index (χ1v) is 6.06. The monoisotopic (exact) mass is 237 g/mol. The van der Waals surface area contributed by atoms with Gasteiger partial charge in [0.1, 0.15) is 5.82 Å². The molecule has 4 heteroatoms. The van der Waals surface area contributed by atoms with Gasteiger partial charge in [-0.2, -0.15) is 0 Å². The largest absolute Gasteiger partial charge is 0.398 e. The number of nitrogen functional groups attached to an aromatic ring is 1. The summed E-state index contributed by atoms with van der Waals surface area (Å²) in [5.74, 6) is -0.244. The van der Waals surface area contributed by atoms with Crippen LogP contribution in [0, 0.1) is 12.7 Å². The maximum atomic E-state index is 13.3. The van der Waals surface area contributed by atoms with Gasteiger partial charge in [0, 0.05) is 37.9 Å². The highest BCUT2D eigenvalue weighted by Gasteiger charge is 2.17. The van der Waals surface area contributed by atoms with E-state index in [1.54, 1.807) is 6.07 Å². The molecule has 1 saturated heterocycles. The van der Waals surface area contributed by atoms with Crippen LogP contribution in [0.3, 0.4) is 0 Å². The highest BCUT2D eigenvalue weighted by atomic mass is 19.1. The van der Waals surface area contributed by atoms with E-state index in [0.717, 1.165) is 37.3 Å². The number of nitrogens with zero attached hydrogens (tertiary/aromatic N) is 1. The fourth-order valence-electron chi connectivity index (χ4n) is 2.32. The van der Waals surface area contributed by atoms with E-state index in [1.165, 1.54) is 6.07 Å². The minimum absolute atomic E-state index is 0.244. The molecule has 1 aromatic carbocycles. The van der Waals surface area contributed by atoms with Crippen molar-refractivity contribution in [3.05, 3.63) is 29.1 Å². The number of benzene rings is 1. The summed E-state index contributed by atoms with van der Waals surface area (Å²) in [6, 6.07) is 3.48. The fraction of sp³-hybridized carbons (Fsp3) is 0.538. The van der Waals surface area contributed by atoms with Crippen LogP contribution in [0.2, 0.25) is 0 Å². The van der Waals surface area contributed by atoms with Gasteiger partial charge in [0.05, 0.1) is 0 Å². The van der Waals surface area contributed by atoms with E-state index in [0.29, 0.717) is 11.7 Å². The van der Waals surface area contributed by atoms with Crippen LogP contribution in [-0.4, -0.2) is 30.6 Å². The number of hydrogen-bond acceptors (Lipinski definition) is 3. The van der Waals surface area contributed by atoms with Crippen molar-refractivity contribution in [3.63, 3.8) is 0 Å². The summed E-state index contributed by atoms with van der Waals surface area (Å²) in [5.41, 5.74) is 8.32. The van der Waals surface area contributed by atoms with Crippen molar-refractivity contribution in [2.24, 2.45) is 0 Å². The highest BCUT2D eigenvalue weighted by Crippen LogP contribution is 2.20. The zero-order chi connectivity index (χ0) is 12.4. The van der Waals surface area contributed by atoms with Gasteiger partial charge < -0.3 is 11.1 Å². The Kier molecular flexibility index (Phi) is 3.64. The summed E-state index contributed by atoms with van der Waals surface area (Å²) in [4.78, 5) is 2.34. The topological polar surface area (TPSA) is 41.3 Å². The normalized spacial score (nSPS) is 21.7. The number of rotatable bonds is 2. The van der Waals surface area contributed by atoms with Crippen LogP contribution in [-0.2, 0) is 6.54 Å². The average Bonchev–Trinajstić information content (AvgIpc) is 2.25. The van der Waals surface area contributed by atoms with E-state index in [-0.39, 0.29) is 5.82 Å². The van der Waals surface area contributed by atoms with Gasteiger partial charge in [0.15, 0.2) is 0 Å². The Balaban J connectivity index is 2.12. The van der Waals surface area contributed by atoms with Gasteiger partial charge in [-0.05, 0) is 37.1 Å². The smallest absolute Gasteiger partial charge is 0.125 e. The summed E-state index contributed by atoms with van der Waals surface area (Å²) in [6.07, 6.45) is 0. The minimum atomic E-state index is -0.244. The van der Waals surface area contributed by atoms with Gasteiger partial charge in [-0.25, -0.2) is 4.39 Å². The molecule has 0 bridgehead atoms. The van der Waals surface area contributed by atoms with E-state index in [2.05, 4.69) is 17.1 Å². The van der Waals surface area contributed by atoms with E-state index in [4.69, 9.17) is 5.73 Å². The quantitative estimate of drug-likeness (QED) is 0.766. The van der Waals surface area contributed by atoms with Crippen molar-refractivity contribution in [3.8, 4) is 0 Å². The first-order valence-electron chi connectivity index (χ1n) is 6.06. The standard InChI is InChI=1S/C13H20FN3/c1-9-7-17(4-3-16-9)8-11-5-12(14)6-13(15)10(11)2/h5-6,9,16H,3-4,7-8,15H2,1-2H3. The van der Waals surface area contributed by atoms with Crippen LogP contribution in [0.4, 0.5) is 10.1 Å². The Bertz CT molecular complexity index is 406. The second kappa shape index (κ2) is 5.02. The molecule has 3 N–H and O–H groups in total. The summed E-state index contributed by atoms with van der Waals surface area (Å²) in [6.45, 7) is 7.88. The summed E-state index contributed by atoms with van der Waals surface area (Å²) >= 11 is 0. The summed E-state index contributed by atoms with van der Waals surface area (Å²) in [5, 5.41) is 3.39. The Morgan fingerprint density at radius 3 is 3.00 bits per heavy atom. The minimum Gasteiger partial charge on any atom is -0.398 e. The van der Waals surface area contributed by atoms with E-state index < -0.39 is 0 Å². The molecule has 1 aliphatic heterocycles. The van der Waals surface area contributed by atoms with Crippen LogP contribution >= 0.6 is 0 Å². The number of nitrogens with one attached hydrogen (secondary N) is 1. The molecule has 1 aromatic rings. The molecule has 1 aliphatic rings. The molecule has 2 rings (SSSR count). The lowest BCUT2D eigenvalue weighted by atomic mass is 10.1. The molecule has 0 aliphatic carbocycles. The second-order valence-electron chi connectivity index (χ2n) is 4.87. The molecule has 0 saturated carbocycles. The molecule has 94 valence electrons. The Labute approximate surface area is 102 Å². The summed E-state index contributed by atoms with van der Waals surface area (Å²) < 4.78 is 13.3. The van der Waals surface area contributed by atoms with Crippen molar-refractivity contribution in [1.82, 2.24) is 10.2 Å². The Morgan fingerprint density at radius 1 is 1.53 bits per heavy atom. The molecule has 0 amide bonds. The van der Waals surface area contributed by atoms with Crippen LogP contribution in [0.15, 0.2) is 12.1 Å². The molecule has 17 heavy (non-hydrogen) atoms. The Morgan fingerprint density at radius 2 is 2.29 bits per heavy atom. The van der Waals surface area contributed by atoms with E-state index >= 15 is 0 Å². The van der Waals surface area contributed by atoms with Crippen molar-refractivity contribution >= 4 is 5.69 Å². The maximum Gasteiger partial charge on any atom is 0.125 e. The van der Waals surface area contributed by atoms with E-state index in [9.17, 15) is 4.39 Å². The first kappa shape index (κ1) is 12.3. The first-order chi connectivity index (χ1) is 8.06. The molecule has 1 unspecified atom stereocenters. The molecule has 1 atom stereocenters. The van der Waals surface area contributed by atoms with Gasteiger partial charge in [-0.15, -0.1) is 0 Å². The van der Waals surface area contributed by atoms with Crippen LogP contribution in [0.25, 0.3) is 0 Å². The summed E-state index contributed by atoms with van der Waals surface area (Å²) in [7, 11) is 0. The predicted octanol–water partition coefficient (Wildman–Crippen LogP) is 1.51. The zero-order valence-corrected chi connectivity index (χ0v) is 10.5. The molecule has 0 aromatic heterocycles. The number of nitrogens with two attached hydrogens (primary N) is 1. The van der Waals surface area contributed by atoms with Gasteiger partial charge in [0.25, 0.3) is 0 Å². The molecular formula is C13H20FN3. The molecular weight excluding hydrogens is 217 g/mol. The van der Waals surface area contributed by atoms with Gasteiger partial charge >= 0.3 is 0 Å². The lowest BCUT2D eigenvalue weighted by Crippen LogP contribution is -2.48. The molecule has 1 fully saturated rings. The Hall–Kier alpha value is -1.13. The van der Waals surface area contributed by atoms with Gasteiger partial charge in [-0.3, -0.25) is 4.90 Å². The predicted molar refractivity (Wildman–Crippen MR) is 68.3 cm³/mol. The van der Waals surface area contributed by atoms with Crippen molar-refractivity contribution in [1.29, 1.82) is 0 Å². The van der Waals surface area contributed by atoms with Crippen molar-refractivity contribution < 1.29 is 4.39 Å². The second-order valence-corrected chi connectivity index (χ2v) is 4.87. The van der Waals surface area contributed by atoms with Crippen LogP contribution < -0.4 is 11.1 Å². The van der Waals surface area contributed by atoms with Crippen LogP contribution in [0.5, 0.6) is 0 Å².